The normalized spacial score (nSPS) is 10.2. The third-order valence-corrected chi connectivity index (χ3v) is 2.61. The Hall–Kier alpha value is -2.63. The van der Waals surface area contributed by atoms with Crippen molar-refractivity contribution in [2.75, 3.05) is 11.1 Å². The van der Waals surface area contributed by atoms with Crippen LogP contribution in [0.5, 0.6) is 0 Å². The van der Waals surface area contributed by atoms with Gasteiger partial charge < -0.3 is 16.8 Å². The van der Waals surface area contributed by atoms with E-state index in [4.69, 9.17) is 11.5 Å². The summed E-state index contributed by atoms with van der Waals surface area (Å²) in [6.45, 7) is 1.66. The van der Waals surface area contributed by atoms with Crippen LogP contribution in [0.2, 0.25) is 0 Å². The second-order valence-corrected chi connectivity index (χ2v) is 4.12. The number of nitrogens with two attached hydrogens (primary N) is 2. The molecule has 0 saturated carbocycles. The summed E-state index contributed by atoms with van der Waals surface area (Å²) in [7, 11) is 0. The number of hydrogen-bond donors (Lipinski definition) is 3. The van der Waals surface area contributed by atoms with Gasteiger partial charge in [-0.1, -0.05) is 6.07 Å². The largest absolute Gasteiger partial charge is 0.397 e. The number of carbonyl (C=O) groups is 1. The second-order valence-electron chi connectivity index (χ2n) is 4.12. The van der Waals surface area contributed by atoms with Gasteiger partial charge in [-0.3, -0.25) is 4.79 Å². The number of rotatable bonds is 3. The summed E-state index contributed by atoms with van der Waals surface area (Å²) in [6, 6.07) is 6.04. The van der Waals surface area contributed by atoms with E-state index in [0.29, 0.717) is 16.9 Å². The van der Waals surface area contributed by atoms with Crippen LogP contribution in [-0.2, 0) is 0 Å². The summed E-state index contributed by atoms with van der Waals surface area (Å²) in [6.07, 6.45) is 1.39. The summed E-state index contributed by atoms with van der Waals surface area (Å²) < 4.78 is 13.4. The number of halogens is 1. The van der Waals surface area contributed by atoms with Crippen molar-refractivity contribution in [2.45, 2.75) is 6.92 Å². The second kappa shape index (κ2) is 4.93. The van der Waals surface area contributed by atoms with E-state index in [1.807, 2.05) is 0 Å². The predicted octanol–water partition coefficient (Wildman–Crippen LogP) is 1.95. The topological polar surface area (TPSA) is 94.0 Å². The van der Waals surface area contributed by atoms with E-state index < -0.39 is 5.91 Å². The zero-order chi connectivity index (χ0) is 14.0. The molecule has 2 rings (SSSR count). The Morgan fingerprint density at radius 1 is 1.37 bits per heavy atom. The summed E-state index contributed by atoms with van der Waals surface area (Å²) in [5.74, 6) is -0.763. The monoisotopic (exact) mass is 260 g/mol. The molecule has 0 radical (unpaired) electrons. The van der Waals surface area contributed by atoms with E-state index in [2.05, 4.69) is 10.3 Å². The van der Waals surface area contributed by atoms with Crippen molar-refractivity contribution in [3.8, 4) is 0 Å². The number of pyridine rings is 1. The SMILES string of the molecule is Cc1ccc(Nc2ncc(N)cc2C(N)=O)cc1F. The lowest BCUT2D eigenvalue weighted by Crippen LogP contribution is -2.14. The maximum atomic E-state index is 13.4. The average Bonchev–Trinajstić information content (AvgIpc) is 2.36. The molecule has 0 aliphatic rings. The van der Waals surface area contributed by atoms with Gasteiger partial charge in [-0.25, -0.2) is 9.37 Å². The molecule has 0 fully saturated rings. The van der Waals surface area contributed by atoms with E-state index in [1.165, 1.54) is 18.3 Å². The van der Waals surface area contributed by atoms with Crippen LogP contribution in [0.15, 0.2) is 30.5 Å². The van der Waals surface area contributed by atoms with Crippen LogP contribution in [0.4, 0.5) is 21.6 Å². The molecule has 0 aliphatic carbocycles. The molecule has 0 atom stereocenters. The molecule has 1 aromatic carbocycles. The van der Waals surface area contributed by atoms with Crippen LogP contribution < -0.4 is 16.8 Å². The van der Waals surface area contributed by atoms with Gasteiger partial charge >= 0.3 is 0 Å². The highest BCUT2D eigenvalue weighted by Crippen LogP contribution is 2.21. The van der Waals surface area contributed by atoms with Gasteiger partial charge in [0.1, 0.15) is 11.6 Å². The number of benzene rings is 1. The molecule has 0 spiro atoms. The van der Waals surface area contributed by atoms with Crippen LogP contribution in [0.1, 0.15) is 15.9 Å². The van der Waals surface area contributed by atoms with Gasteiger partial charge in [0.25, 0.3) is 5.91 Å². The Kier molecular flexibility index (Phi) is 3.33. The lowest BCUT2D eigenvalue weighted by Gasteiger charge is -2.10. The van der Waals surface area contributed by atoms with Gasteiger partial charge in [0.05, 0.1) is 17.4 Å². The van der Waals surface area contributed by atoms with E-state index in [1.54, 1.807) is 19.1 Å². The predicted molar refractivity (Wildman–Crippen MR) is 71.6 cm³/mol. The highest BCUT2D eigenvalue weighted by Gasteiger charge is 2.11. The summed E-state index contributed by atoms with van der Waals surface area (Å²) in [5.41, 5.74) is 12.3. The van der Waals surface area contributed by atoms with Crippen molar-refractivity contribution in [1.29, 1.82) is 0 Å². The van der Waals surface area contributed by atoms with Crippen LogP contribution in [0.3, 0.4) is 0 Å². The lowest BCUT2D eigenvalue weighted by molar-refractivity contribution is 0.100. The standard InChI is InChI=1S/C13H13FN4O/c1-7-2-3-9(5-11(7)14)18-13-10(12(16)19)4-8(15)6-17-13/h2-6H,15H2,1H3,(H2,16,19)(H,17,18). The third kappa shape index (κ3) is 2.79. The number of aromatic nitrogens is 1. The van der Waals surface area contributed by atoms with E-state index in [-0.39, 0.29) is 17.2 Å². The van der Waals surface area contributed by atoms with Crippen molar-refractivity contribution in [2.24, 2.45) is 5.73 Å². The van der Waals surface area contributed by atoms with Gasteiger partial charge in [0.15, 0.2) is 0 Å². The molecule has 0 bridgehead atoms. The van der Waals surface area contributed by atoms with E-state index in [0.717, 1.165) is 0 Å². The molecule has 98 valence electrons. The first-order chi connectivity index (χ1) is 8.97. The van der Waals surface area contributed by atoms with Crippen molar-refractivity contribution < 1.29 is 9.18 Å². The van der Waals surface area contributed by atoms with Gasteiger partial charge in [-0.05, 0) is 30.7 Å². The minimum Gasteiger partial charge on any atom is -0.397 e. The first-order valence-electron chi connectivity index (χ1n) is 5.56. The Morgan fingerprint density at radius 3 is 2.74 bits per heavy atom. The quantitative estimate of drug-likeness (QED) is 0.786. The summed E-state index contributed by atoms with van der Waals surface area (Å²) in [4.78, 5) is 15.3. The number of primary amides is 1. The highest BCUT2D eigenvalue weighted by atomic mass is 19.1. The van der Waals surface area contributed by atoms with Gasteiger partial charge in [-0.15, -0.1) is 0 Å². The first-order valence-corrected chi connectivity index (χ1v) is 5.56. The van der Waals surface area contributed by atoms with Crippen LogP contribution in [0.25, 0.3) is 0 Å². The lowest BCUT2D eigenvalue weighted by atomic mass is 10.2. The molecule has 1 heterocycles. The smallest absolute Gasteiger partial charge is 0.252 e. The van der Waals surface area contributed by atoms with Gasteiger partial charge in [0, 0.05) is 5.69 Å². The molecule has 5 nitrogen and oxygen atoms in total. The zero-order valence-electron chi connectivity index (χ0n) is 10.3. The van der Waals surface area contributed by atoms with Crippen LogP contribution in [-0.4, -0.2) is 10.9 Å². The molecule has 1 amide bonds. The number of nitrogens with zero attached hydrogens (tertiary/aromatic N) is 1. The molecule has 5 N–H and O–H groups in total. The summed E-state index contributed by atoms with van der Waals surface area (Å²) in [5, 5.41) is 2.84. The molecule has 1 aromatic heterocycles. The van der Waals surface area contributed by atoms with Crippen LogP contribution in [0, 0.1) is 12.7 Å². The highest BCUT2D eigenvalue weighted by molar-refractivity contribution is 5.99. The fraction of sp³-hybridized carbons (Fsp3) is 0.0769. The Balaban J connectivity index is 2.37. The maximum Gasteiger partial charge on any atom is 0.252 e. The first kappa shape index (κ1) is 12.8. The average molecular weight is 260 g/mol. The van der Waals surface area contributed by atoms with E-state index in [9.17, 15) is 9.18 Å². The van der Waals surface area contributed by atoms with Crippen LogP contribution >= 0.6 is 0 Å². The van der Waals surface area contributed by atoms with Gasteiger partial charge in [-0.2, -0.15) is 0 Å². The number of nitrogens with one attached hydrogen (secondary N) is 1. The number of amides is 1. The molecule has 0 unspecified atom stereocenters. The van der Waals surface area contributed by atoms with E-state index >= 15 is 0 Å². The number of nitrogen functional groups attached to an aromatic ring is 1. The fourth-order valence-electron chi connectivity index (χ4n) is 1.58. The maximum absolute atomic E-state index is 13.4. The Bertz CT molecular complexity index is 643. The van der Waals surface area contributed by atoms with Crippen molar-refractivity contribution in [1.82, 2.24) is 4.98 Å². The third-order valence-electron chi connectivity index (χ3n) is 2.61. The van der Waals surface area contributed by atoms with Crippen molar-refractivity contribution in [3.63, 3.8) is 0 Å². The number of hydrogen-bond acceptors (Lipinski definition) is 4. The van der Waals surface area contributed by atoms with Gasteiger partial charge in [0.2, 0.25) is 0 Å². The Labute approximate surface area is 109 Å². The molecule has 0 saturated heterocycles. The van der Waals surface area contributed by atoms with Crippen molar-refractivity contribution in [3.05, 3.63) is 47.4 Å². The molecule has 19 heavy (non-hydrogen) atoms. The minimum atomic E-state index is -0.658. The fourth-order valence-corrected chi connectivity index (χ4v) is 1.58. The molecule has 2 aromatic rings. The number of aryl methyl sites for hydroxylation is 1. The zero-order valence-corrected chi connectivity index (χ0v) is 10.3. The number of anilines is 3. The molecular formula is C13H13FN4O. The van der Waals surface area contributed by atoms with Crippen molar-refractivity contribution >= 4 is 23.1 Å². The Morgan fingerprint density at radius 2 is 2.11 bits per heavy atom. The minimum absolute atomic E-state index is 0.154. The molecule has 6 heteroatoms. The molecular weight excluding hydrogens is 247 g/mol. The molecule has 0 aliphatic heterocycles. The summed E-state index contributed by atoms with van der Waals surface area (Å²) >= 11 is 0. The number of carbonyl (C=O) groups excluding carboxylic acids is 1.